The molecule has 3 heterocycles. The van der Waals surface area contributed by atoms with Gasteiger partial charge in [-0.2, -0.15) is 13.2 Å². The molecule has 0 aliphatic carbocycles. The molecule has 0 fully saturated rings. The highest BCUT2D eigenvalue weighted by Crippen LogP contribution is 2.38. The minimum atomic E-state index is -4.80. The van der Waals surface area contributed by atoms with Gasteiger partial charge >= 0.3 is 12.1 Å². The fourth-order valence-electron chi connectivity index (χ4n) is 4.43. The molecular weight excluding hydrogens is 493 g/mol. The molecule has 0 saturated carbocycles. The predicted molar refractivity (Wildman–Crippen MR) is 131 cm³/mol. The van der Waals surface area contributed by atoms with E-state index in [1.54, 1.807) is 6.08 Å². The second-order valence-corrected chi connectivity index (χ2v) is 8.94. The van der Waals surface area contributed by atoms with Gasteiger partial charge in [-0.1, -0.05) is 54.6 Å². The number of aliphatic imine (C=N–C) groups is 1. The van der Waals surface area contributed by atoms with Crippen LogP contribution in [-0.4, -0.2) is 38.9 Å². The second-order valence-electron chi connectivity index (χ2n) is 8.51. The highest BCUT2D eigenvalue weighted by Gasteiger charge is 2.46. The number of nitrogens with zero attached hydrogens (tertiary/aromatic N) is 3. The lowest BCUT2D eigenvalue weighted by Gasteiger charge is -2.36. The number of halogens is 4. The molecule has 36 heavy (non-hydrogen) atoms. The third-order valence-corrected chi connectivity index (χ3v) is 6.32. The van der Waals surface area contributed by atoms with Crippen LogP contribution >= 0.6 is 11.6 Å². The van der Waals surface area contributed by atoms with Crippen molar-refractivity contribution < 1.29 is 23.1 Å². The maximum atomic E-state index is 14.4. The van der Waals surface area contributed by atoms with Crippen LogP contribution in [0, 0.1) is 0 Å². The first-order valence-electron chi connectivity index (χ1n) is 11.0. The summed E-state index contributed by atoms with van der Waals surface area (Å²) in [6, 6.07) is 11.0. The zero-order valence-electron chi connectivity index (χ0n) is 18.8. The number of benzene rings is 2. The number of anilines is 1. The highest BCUT2D eigenvalue weighted by atomic mass is 35.5. The predicted octanol–water partition coefficient (Wildman–Crippen LogP) is 5.83. The molecule has 2 aromatic carbocycles. The summed E-state index contributed by atoms with van der Waals surface area (Å²) >= 11 is 6.23. The molecule has 0 unspecified atom stereocenters. The zero-order chi connectivity index (χ0) is 25.6. The zero-order valence-corrected chi connectivity index (χ0v) is 19.5. The molecule has 0 saturated heterocycles. The number of alkyl halides is 3. The molecular formula is C26H20ClF3N4O2. The Hall–Kier alpha value is -3.98. The van der Waals surface area contributed by atoms with E-state index in [4.69, 9.17) is 11.6 Å². The number of amidine groups is 1. The van der Waals surface area contributed by atoms with Crippen molar-refractivity contribution in [1.82, 2.24) is 9.80 Å². The molecule has 1 atom stereocenters. The monoisotopic (exact) mass is 512 g/mol. The van der Waals surface area contributed by atoms with E-state index in [0.717, 1.165) is 11.1 Å². The van der Waals surface area contributed by atoms with Crippen molar-refractivity contribution in [2.24, 2.45) is 4.99 Å². The van der Waals surface area contributed by atoms with E-state index >= 15 is 0 Å². The van der Waals surface area contributed by atoms with Gasteiger partial charge < -0.3 is 20.2 Å². The van der Waals surface area contributed by atoms with Crippen molar-refractivity contribution in [2.45, 2.75) is 25.3 Å². The van der Waals surface area contributed by atoms with Gasteiger partial charge in [0.05, 0.1) is 10.6 Å². The van der Waals surface area contributed by atoms with E-state index in [0.29, 0.717) is 24.6 Å². The van der Waals surface area contributed by atoms with Crippen LogP contribution < -0.4 is 5.32 Å². The number of nitrogens with one attached hydrogen (secondary N) is 1. The number of carboxylic acid groups (broad SMARTS) is 1. The van der Waals surface area contributed by atoms with Crippen molar-refractivity contribution in [3.63, 3.8) is 0 Å². The first-order chi connectivity index (χ1) is 17.1. The molecule has 0 aromatic heterocycles. The molecule has 3 aliphatic rings. The van der Waals surface area contributed by atoms with Crippen molar-refractivity contribution in [3.05, 3.63) is 112 Å². The van der Waals surface area contributed by atoms with Crippen molar-refractivity contribution in [3.8, 4) is 0 Å². The number of carboxylic acids is 1. The summed E-state index contributed by atoms with van der Waals surface area (Å²) in [5.41, 5.74) is 1.93. The van der Waals surface area contributed by atoms with Crippen LogP contribution in [0.15, 0.2) is 101 Å². The quantitative estimate of drug-likeness (QED) is 0.527. The molecule has 0 bridgehead atoms. The normalized spacial score (nSPS) is 17.9. The van der Waals surface area contributed by atoms with Crippen LogP contribution in [0.25, 0.3) is 0 Å². The molecule has 184 valence electrons. The minimum Gasteiger partial charge on any atom is -0.478 e. The summed E-state index contributed by atoms with van der Waals surface area (Å²) < 4.78 is 43.3. The molecule has 2 aromatic rings. The van der Waals surface area contributed by atoms with Gasteiger partial charge in [0.15, 0.2) is 6.04 Å². The summed E-state index contributed by atoms with van der Waals surface area (Å²) in [4.78, 5) is 19.6. The first-order valence-corrected chi connectivity index (χ1v) is 11.3. The Kier molecular flexibility index (Phi) is 5.88. The van der Waals surface area contributed by atoms with Gasteiger partial charge in [-0.3, -0.25) is 0 Å². The Labute approximate surface area is 210 Å². The van der Waals surface area contributed by atoms with Gasteiger partial charge in [0.2, 0.25) is 0 Å². The molecule has 3 aliphatic heterocycles. The van der Waals surface area contributed by atoms with Crippen LogP contribution in [0.3, 0.4) is 0 Å². The first kappa shape index (κ1) is 23.7. The Bertz CT molecular complexity index is 1370. The fourth-order valence-corrected chi connectivity index (χ4v) is 4.64. The maximum Gasteiger partial charge on any atom is 0.412 e. The van der Waals surface area contributed by atoms with Crippen molar-refractivity contribution in [1.29, 1.82) is 0 Å². The smallest absolute Gasteiger partial charge is 0.412 e. The number of hydrogen-bond donors (Lipinski definition) is 2. The van der Waals surface area contributed by atoms with Crippen molar-refractivity contribution in [2.75, 3.05) is 5.32 Å². The molecule has 10 heteroatoms. The maximum absolute atomic E-state index is 14.4. The largest absolute Gasteiger partial charge is 0.478 e. The Morgan fingerprint density at radius 1 is 1.08 bits per heavy atom. The standard InChI is InChI=1S/C26H20ClF3N4O2/c1-15-10-22(33-12-16-6-2-3-7-17(16)13-33)32-24-20(11-18(27)14-34(15)24)23(26(28,29)30)31-21-9-5-4-8-19(21)25(35)36/h2-11,14,23,31H,1,12-13H2,(H,35,36)/t23-/m0/s1. The third kappa shape index (κ3) is 4.37. The van der Waals surface area contributed by atoms with E-state index in [2.05, 4.69) is 16.9 Å². The van der Waals surface area contributed by atoms with Gasteiger partial charge in [-0.15, -0.1) is 0 Å². The second kappa shape index (κ2) is 8.91. The highest BCUT2D eigenvalue weighted by molar-refractivity contribution is 6.32. The van der Waals surface area contributed by atoms with Crippen LogP contribution in [0.5, 0.6) is 0 Å². The Morgan fingerprint density at radius 2 is 1.72 bits per heavy atom. The number of fused-ring (bicyclic) bond motifs is 2. The van der Waals surface area contributed by atoms with E-state index in [1.165, 1.54) is 41.4 Å². The van der Waals surface area contributed by atoms with Gasteiger partial charge in [0, 0.05) is 42.3 Å². The van der Waals surface area contributed by atoms with Crippen LogP contribution in [-0.2, 0) is 13.1 Å². The summed E-state index contributed by atoms with van der Waals surface area (Å²) in [6.07, 6.45) is -0.446. The molecule has 5 rings (SSSR count). The van der Waals surface area contributed by atoms with Gasteiger partial charge in [0.25, 0.3) is 0 Å². The summed E-state index contributed by atoms with van der Waals surface area (Å²) in [5, 5.41) is 11.9. The molecule has 2 N–H and O–H groups in total. The lowest BCUT2D eigenvalue weighted by Crippen LogP contribution is -2.45. The van der Waals surface area contributed by atoms with Crippen molar-refractivity contribution >= 4 is 29.1 Å². The minimum absolute atomic E-state index is 0.0143. The number of rotatable bonds is 5. The van der Waals surface area contributed by atoms with Gasteiger partial charge in [-0.05, 0) is 29.3 Å². The van der Waals surface area contributed by atoms with Crippen LogP contribution in [0.1, 0.15) is 21.5 Å². The lowest BCUT2D eigenvalue weighted by molar-refractivity contribution is -0.133. The number of hydrogen-bond acceptors (Lipinski definition) is 5. The summed E-state index contributed by atoms with van der Waals surface area (Å²) in [5.74, 6) is -0.856. The Morgan fingerprint density at radius 3 is 2.36 bits per heavy atom. The van der Waals surface area contributed by atoms with Gasteiger partial charge in [0.1, 0.15) is 11.7 Å². The van der Waals surface area contributed by atoms with E-state index in [1.807, 2.05) is 29.2 Å². The molecule has 0 radical (unpaired) electrons. The number of allylic oxidation sites excluding steroid dienone is 3. The molecule has 0 spiro atoms. The molecule has 0 amide bonds. The van der Waals surface area contributed by atoms with E-state index in [9.17, 15) is 23.1 Å². The van der Waals surface area contributed by atoms with Crippen LogP contribution in [0.2, 0.25) is 0 Å². The van der Waals surface area contributed by atoms with E-state index < -0.39 is 18.2 Å². The molecule has 6 nitrogen and oxygen atoms in total. The Balaban J connectivity index is 1.54. The number of para-hydroxylation sites is 1. The number of aromatic carboxylic acids is 1. The lowest BCUT2D eigenvalue weighted by atomic mass is 9.99. The van der Waals surface area contributed by atoms with Gasteiger partial charge in [-0.25, -0.2) is 9.79 Å². The fraction of sp³-hybridized carbons (Fsp3) is 0.154. The SMILES string of the molecule is C=C1C=C(N2Cc3ccccc3C2)N=C2C([C@H](Nc3ccccc3C(=O)O)C(F)(F)F)=CC(Cl)=CN12. The van der Waals surface area contributed by atoms with Crippen LogP contribution in [0.4, 0.5) is 18.9 Å². The summed E-state index contributed by atoms with van der Waals surface area (Å²) in [6.45, 7) is 5.14. The summed E-state index contributed by atoms with van der Waals surface area (Å²) in [7, 11) is 0. The number of carbonyl (C=O) groups is 1. The van der Waals surface area contributed by atoms with E-state index in [-0.39, 0.29) is 27.7 Å². The third-order valence-electron chi connectivity index (χ3n) is 6.12. The average Bonchev–Trinajstić information content (AvgIpc) is 3.26. The average molecular weight is 513 g/mol. The topological polar surface area (TPSA) is 68.2 Å².